The molecule has 0 unspecified atom stereocenters. The van der Waals surface area contributed by atoms with Crippen molar-refractivity contribution >= 4 is 38.1 Å². The maximum Gasteiger partial charge on any atom is 0.240 e. The van der Waals surface area contributed by atoms with E-state index in [0.717, 1.165) is 0 Å². The Morgan fingerprint density at radius 1 is 1.32 bits per heavy atom. The maximum atomic E-state index is 12.2. The van der Waals surface area contributed by atoms with Crippen LogP contribution in [0.15, 0.2) is 23.1 Å². The minimum absolute atomic E-state index is 0.0982. The van der Waals surface area contributed by atoms with E-state index in [4.69, 9.17) is 17.3 Å². The van der Waals surface area contributed by atoms with E-state index in [0.29, 0.717) is 29.4 Å². The summed E-state index contributed by atoms with van der Waals surface area (Å²) in [5, 5.41) is 0.326. The van der Waals surface area contributed by atoms with Gasteiger partial charge in [0.25, 0.3) is 0 Å². The minimum atomic E-state index is -3.60. The van der Waals surface area contributed by atoms with E-state index in [1.165, 1.54) is 18.2 Å². The topological polar surface area (TPSA) is 89.3 Å². The molecule has 0 bridgehead atoms. The van der Waals surface area contributed by atoms with Crippen molar-refractivity contribution in [3.05, 3.63) is 23.2 Å². The molecular formula is C11H15ClN2O3S2. The Balaban J connectivity index is 2.13. The second kappa shape index (κ2) is 5.78. The van der Waals surface area contributed by atoms with Crippen molar-refractivity contribution in [1.29, 1.82) is 0 Å². The van der Waals surface area contributed by atoms with E-state index in [1.807, 2.05) is 0 Å². The molecule has 0 aromatic heterocycles. The van der Waals surface area contributed by atoms with Crippen LogP contribution in [0.25, 0.3) is 0 Å². The summed E-state index contributed by atoms with van der Waals surface area (Å²) in [6.45, 7) is 0. The Morgan fingerprint density at radius 2 is 1.95 bits per heavy atom. The summed E-state index contributed by atoms with van der Waals surface area (Å²) in [5.41, 5.74) is 5.84. The van der Waals surface area contributed by atoms with Crippen molar-refractivity contribution in [2.75, 3.05) is 17.2 Å². The predicted molar refractivity (Wildman–Crippen MR) is 77.1 cm³/mol. The predicted octanol–water partition coefficient (Wildman–Crippen LogP) is 1.11. The summed E-state index contributed by atoms with van der Waals surface area (Å²) in [6, 6.07) is 4.05. The summed E-state index contributed by atoms with van der Waals surface area (Å²) < 4.78 is 38.2. The first-order valence-corrected chi connectivity index (χ1v) is 9.16. The molecule has 1 heterocycles. The number of sulfonamides is 1. The Labute approximate surface area is 120 Å². The first-order valence-electron chi connectivity index (χ1n) is 5.81. The van der Waals surface area contributed by atoms with Crippen molar-refractivity contribution in [3.8, 4) is 0 Å². The Morgan fingerprint density at radius 3 is 2.53 bits per heavy atom. The standard InChI is InChI=1S/C11H15ClN2O3S2/c12-10-2-1-9(7-11(10)13)19(16,17)14-8-3-5-18(15)6-4-8/h1-2,7-8,14H,3-6,13H2. The van der Waals surface area contributed by atoms with Crippen molar-refractivity contribution in [3.63, 3.8) is 0 Å². The van der Waals surface area contributed by atoms with Gasteiger partial charge in [0.2, 0.25) is 10.0 Å². The van der Waals surface area contributed by atoms with Crippen LogP contribution in [0.2, 0.25) is 5.02 Å². The molecule has 2 rings (SSSR count). The van der Waals surface area contributed by atoms with Crippen LogP contribution in [-0.4, -0.2) is 30.2 Å². The van der Waals surface area contributed by atoms with E-state index in [-0.39, 0.29) is 16.6 Å². The minimum Gasteiger partial charge on any atom is -0.397 e. The SMILES string of the molecule is Nc1cc(S(=O)(=O)NC2CCS(=O)CC2)ccc1Cl. The van der Waals surface area contributed by atoms with Gasteiger partial charge in [-0.25, -0.2) is 13.1 Å². The van der Waals surface area contributed by atoms with Crippen LogP contribution in [0.3, 0.4) is 0 Å². The lowest BCUT2D eigenvalue weighted by atomic mass is 10.2. The van der Waals surface area contributed by atoms with Crippen LogP contribution in [-0.2, 0) is 20.8 Å². The lowest BCUT2D eigenvalue weighted by molar-refractivity contribution is 0.522. The number of nitrogens with one attached hydrogen (secondary N) is 1. The van der Waals surface area contributed by atoms with Gasteiger partial charge in [-0.15, -0.1) is 0 Å². The molecule has 0 spiro atoms. The quantitative estimate of drug-likeness (QED) is 0.816. The van der Waals surface area contributed by atoms with E-state index >= 15 is 0 Å². The molecule has 8 heteroatoms. The Bertz CT molecular complexity index is 594. The van der Waals surface area contributed by atoms with Crippen LogP contribution in [0.4, 0.5) is 5.69 Å². The molecule has 0 radical (unpaired) electrons. The van der Waals surface area contributed by atoms with Gasteiger partial charge in [0.05, 0.1) is 15.6 Å². The zero-order valence-electron chi connectivity index (χ0n) is 10.1. The normalized spacial score (nSPS) is 24.3. The third-order valence-corrected chi connectivity index (χ3v) is 6.23. The largest absolute Gasteiger partial charge is 0.397 e. The molecule has 3 N–H and O–H groups in total. The third kappa shape index (κ3) is 3.68. The second-order valence-corrected chi connectivity index (χ2v) is 8.24. The van der Waals surface area contributed by atoms with Gasteiger partial charge >= 0.3 is 0 Å². The highest BCUT2D eigenvalue weighted by molar-refractivity contribution is 7.89. The van der Waals surface area contributed by atoms with Crippen LogP contribution in [0.5, 0.6) is 0 Å². The highest BCUT2D eigenvalue weighted by Gasteiger charge is 2.24. The smallest absolute Gasteiger partial charge is 0.240 e. The fourth-order valence-corrected chi connectivity index (χ4v) is 4.64. The van der Waals surface area contributed by atoms with E-state index < -0.39 is 20.8 Å². The number of anilines is 1. The van der Waals surface area contributed by atoms with Gasteiger partial charge in [-0.1, -0.05) is 11.6 Å². The number of nitrogen functional groups attached to an aromatic ring is 1. The van der Waals surface area contributed by atoms with Gasteiger partial charge in [0, 0.05) is 28.3 Å². The first-order chi connectivity index (χ1) is 8.88. The lowest BCUT2D eigenvalue weighted by Gasteiger charge is -2.22. The summed E-state index contributed by atoms with van der Waals surface area (Å²) in [7, 11) is -4.42. The number of nitrogens with two attached hydrogens (primary N) is 1. The number of hydrogen-bond donors (Lipinski definition) is 2. The zero-order chi connectivity index (χ0) is 14.0. The molecule has 0 amide bonds. The lowest BCUT2D eigenvalue weighted by Crippen LogP contribution is -2.39. The molecule has 19 heavy (non-hydrogen) atoms. The van der Waals surface area contributed by atoms with Gasteiger partial charge in [-0.05, 0) is 31.0 Å². The monoisotopic (exact) mass is 322 g/mol. The van der Waals surface area contributed by atoms with Crippen molar-refractivity contribution in [2.24, 2.45) is 0 Å². The first kappa shape index (κ1) is 14.8. The molecule has 1 aliphatic rings. The van der Waals surface area contributed by atoms with E-state index in [9.17, 15) is 12.6 Å². The van der Waals surface area contributed by atoms with Gasteiger partial charge in [0.15, 0.2) is 0 Å². The van der Waals surface area contributed by atoms with Crippen molar-refractivity contribution in [2.45, 2.75) is 23.8 Å². The molecule has 0 saturated carbocycles. The van der Waals surface area contributed by atoms with Crippen LogP contribution < -0.4 is 10.5 Å². The summed E-state index contributed by atoms with van der Waals surface area (Å²) in [4.78, 5) is 0.0982. The van der Waals surface area contributed by atoms with Crippen molar-refractivity contribution < 1.29 is 12.6 Å². The second-order valence-electron chi connectivity index (χ2n) is 4.43. The Hall–Kier alpha value is -0.630. The van der Waals surface area contributed by atoms with Gasteiger partial charge < -0.3 is 5.73 Å². The van der Waals surface area contributed by atoms with Gasteiger partial charge in [0.1, 0.15) is 0 Å². The third-order valence-electron chi connectivity index (χ3n) is 2.99. The number of halogens is 1. The molecule has 106 valence electrons. The summed E-state index contributed by atoms with van der Waals surface area (Å²) >= 11 is 5.76. The number of benzene rings is 1. The van der Waals surface area contributed by atoms with Gasteiger partial charge in [-0.2, -0.15) is 0 Å². The van der Waals surface area contributed by atoms with Crippen LogP contribution >= 0.6 is 11.6 Å². The highest BCUT2D eigenvalue weighted by atomic mass is 35.5. The average molecular weight is 323 g/mol. The fraction of sp³-hybridized carbons (Fsp3) is 0.455. The molecule has 1 aromatic rings. The number of rotatable bonds is 3. The van der Waals surface area contributed by atoms with E-state index in [2.05, 4.69) is 4.72 Å². The molecule has 1 aromatic carbocycles. The fourth-order valence-electron chi connectivity index (χ4n) is 1.89. The van der Waals surface area contributed by atoms with E-state index in [1.54, 1.807) is 0 Å². The van der Waals surface area contributed by atoms with Gasteiger partial charge in [-0.3, -0.25) is 4.21 Å². The zero-order valence-corrected chi connectivity index (χ0v) is 12.5. The molecule has 5 nitrogen and oxygen atoms in total. The molecule has 0 aliphatic carbocycles. The molecule has 1 fully saturated rings. The molecule has 0 atom stereocenters. The van der Waals surface area contributed by atoms with Crippen molar-refractivity contribution in [1.82, 2.24) is 4.72 Å². The Kier molecular flexibility index (Phi) is 4.50. The van der Waals surface area contributed by atoms with Crippen LogP contribution in [0, 0.1) is 0 Å². The summed E-state index contributed by atoms with van der Waals surface area (Å²) in [5.74, 6) is 1.08. The highest BCUT2D eigenvalue weighted by Crippen LogP contribution is 2.23. The maximum absolute atomic E-state index is 12.2. The molecule has 1 saturated heterocycles. The molecule has 1 aliphatic heterocycles. The number of hydrogen-bond acceptors (Lipinski definition) is 4. The molecular weight excluding hydrogens is 308 g/mol. The summed E-state index contributed by atoms with van der Waals surface area (Å²) in [6.07, 6.45) is 1.18. The average Bonchev–Trinajstić information content (AvgIpc) is 2.35. The van der Waals surface area contributed by atoms with Crippen LogP contribution in [0.1, 0.15) is 12.8 Å².